The molecule has 1 unspecified atom stereocenters. The van der Waals surface area contributed by atoms with Gasteiger partial charge < -0.3 is 20.9 Å². The number of rotatable bonds is 8. The molecule has 0 radical (unpaired) electrons. The molecule has 2 aromatic carbocycles. The largest absolute Gasteiger partial charge is 0.328 e. The molecule has 10 heteroatoms. The highest BCUT2D eigenvalue weighted by Gasteiger charge is 2.29. The first-order chi connectivity index (χ1) is 22.1. The molecule has 9 nitrogen and oxygen atoms in total. The van der Waals surface area contributed by atoms with Crippen molar-refractivity contribution in [3.63, 3.8) is 0 Å². The maximum Gasteiger partial charge on any atom is 0.227 e. The molecule has 3 aliphatic rings. The zero-order valence-corrected chi connectivity index (χ0v) is 29.2. The summed E-state index contributed by atoms with van der Waals surface area (Å²) in [5.41, 5.74) is 9.89. The third-order valence-electron chi connectivity index (χ3n) is 9.51. The van der Waals surface area contributed by atoms with Crippen LogP contribution in [0.2, 0.25) is 0 Å². The lowest BCUT2D eigenvalue weighted by atomic mass is 9.83. The SMILES string of the molecule is C=C1NC(=O)CCN1c1nn(C)c2cc(C3CCN(CC(C)(C)Cc4cccc(S(=O)N5CCC(N)CC5)c4)CC3)ccc12.CC. The van der Waals surface area contributed by atoms with Gasteiger partial charge >= 0.3 is 0 Å². The Morgan fingerprint density at radius 3 is 2.43 bits per heavy atom. The number of aromatic nitrogens is 2. The molecule has 250 valence electrons. The van der Waals surface area contributed by atoms with Gasteiger partial charge in [0.25, 0.3) is 0 Å². The van der Waals surface area contributed by atoms with E-state index in [9.17, 15) is 9.00 Å². The Bertz CT molecular complexity index is 1550. The Kier molecular flexibility index (Phi) is 11.0. The Labute approximate surface area is 277 Å². The van der Waals surface area contributed by atoms with Crippen LogP contribution in [0.5, 0.6) is 0 Å². The molecule has 0 saturated carbocycles. The second-order valence-corrected chi connectivity index (χ2v) is 15.2. The van der Waals surface area contributed by atoms with E-state index in [1.54, 1.807) is 0 Å². The zero-order chi connectivity index (χ0) is 33.0. The van der Waals surface area contributed by atoms with Crippen LogP contribution in [-0.2, 0) is 29.2 Å². The highest BCUT2D eigenvalue weighted by atomic mass is 32.2. The molecule has 0 spiro atoms. The number of hydrogen-bond acceptors (Lipinski definition) is 6. The summed E-state index contributed by atoms with van der Waals surface area (Å²) in [6.45, 7) is 18.1. The molecule has 6 rings (SSSR count). The predicted octanol–water partition coefficient (Wildman–Crippen LogP) is 5.29. The van der Waals surface area contributed by atoms with E-state index in [1.165, 1.54) is 11.1 Å². The number of carbonyl (C=O) groups excluding carboxylic acids is 1. The van der Waals surface area contributed by atoms with Crippen molar-refractivity contribution >= 4 is 33.6 Å². The number of amides is 1. The van der Waals surface area contributed by atoms with Crippen molar-refractivity contribution in [3.8, 4) is 0 Å². The van der Waals surface area contributed by atoms with Crippen LogP contribution in [0.1, 0.15) is 76.8 Å². The van der Waals surface area contributed by atoms with Gasteiger partial charge in [-0.15, -0.1) is 0 Å². The molecule has 0 bridgehead atoms. The van der Waals surface area contributed by atoms with Gasteiger partial charge in [0.1, 0.15) is 16.8 Å². The molecule has 1 atom stereocenters. The average Bonchev–Trinajstić information content (AvgIpc) is 3.37. The fourth-order valence-corrected chi connectivity index (χ4v) is 8.46. The lowest BCUT2D eigenvalue weighted by molar-refractivity contribution is -0.120. The van der Waals surface area contributed by atoms with E-state index in [4.69, 9.17) is 10.8 Å². The summed E-state index contributed by atoms with van der Waals surface area (Å²) in [5, 5.41) is 8.73. The van der Waals surface area contributed by atoms with Gasteiger partial charge in [0.05, 0.1) is 10.4 Å². The predicted molar refractivity (Wildman–Crippen MR) is 189 cm³/mol. The Balaban J connectivity index is 0.00000204. The van der Waals surface area contributed by atoms with Crippen molar-refractivity contribution in [3.05, 3.63) is 66.0 Å². The van der Waals surface area contributed by atoms with Crippen molar-refractivity contribution in [2.75, 3.05) is 44.2 Å². The van der Waals surface area contributed by atoms with E-state index in [-0.39, 0.29) is 17.4 Å². The van der Waals surface area contributed by atoms with E-state index in [0.717, 1.165) is 86.4 Å². The molecule has 46 heavy (non-hydrogen) atoms. The smallest absolute Gasteiger partial charge is 0.227 e. The summed E-state index contributed by atoms with van der Waals surface area (Å²) in [5.74, 6) is 1.97. The Hall–Kier alpha value is -3.05. The fraction of sp³-hybridized carbons (Fsp3) is 0.556. The topological polar surface area (TPSA) is 99.7 Å². The first-order valence-corrected chi connectivity index (χ1v) is 18.1. The van der Waals surface area contributed by atoms with Gasteiger partial charge in [0.15, 0.2) is 5.82 Å². The molecule has 1 aromatic heterocycles. The first kappa shape index (κ1) is 34.3. The summed E-state index contributed by atoms with van der Waals surface area (Å²) in [6.07, 6.45) is 5.48. The van der Waals surface area contributed by atoms with Gasteiger partial charge in [-0.25, -0.2) is 8.51 Å². The maximum absolute atomic E-state index is 13.2. The van der Waals surface area contributed by atoms with Crippen LogP contribution in [-0.4, -0.2) is 74.4 Å². The number of anilines is 1. The van der Waals surface area contributed by atoms with Crippen LogP contribution in [0.15, 0.2) is 59.8 Å². The third kappa shape index (κ3) is 7.90. The number of nitrogens with zero attached hydrogens (tertiary/aromatic N) is 5. The second-order valence-electron chi connectivity index (χ2n) is 13.7. The fourth-order valence-electron chi connectivity index (χ4n) is 7.17. The number of piperidine rings is 2. The Morgan fingerprint density at radius 1 is 1.02 bits per heavy atom. The van der Waals surface area contributed by atoms with Crippen molar-refractivity contribution in [1.82, 2.24) is 24.3 Å². The number of hydrogen-bond donors (Lipinski definition) is 2. The molecule has 3 aromatic rings. The van der Waals surface area contributed by atoms with Gasteiger partial charge in [0, 0.05) is 51.1 Å². The number of likely N-dealkylation sites (tertiary alicyclic amines) is 1. The van der Waals surface area contributed by atoms with Crippen LogP contribution >= 0.6 is 0 Å². The van der Waals surface area contributed by atoms with Crippen LogP contribution in [0.25, 0.3) is 10.9 Å². The quantitative estimate of drug-likeness (QED) is 0.345. The van der Waals surface area contributed by atoms with Gasteiger partial charge in [-0.2, -0.15) is 5.10 Å². The standard InChI is InChI=1S/C34H47N7O2S.C2H6/c1-24-36-32(42)14-19-41(24)33-30-9-8-27(21-31(30)38(4)37-33)26-10-15-39(16-11-26)23-34(2,3)22-25-6-5-7-29(20-25)44(43)40-17-12-28(35)13-18-40;1-2/h5-9,20-21,26,28H,1,10-19,22-23,35H2,2-4H3,(H,36,42);1-2H3. The van der Waals surface area contributed by atoms with Crippen LogP contribution < -0.4 is 16.0 Å². The minimum absolute atomic E-state index is 0.00454. The van der Waals surface area contributed by atoms with Gasteiger partial charge in [0.2, 0.25) is 5.91 Å². The molecule has 3 aliphatic heterocycles. The molecular weight excluding hydrogens is 595 g/mol. The lowest BCUT2D eigenvalue weighted by Crippen LogP contribution is -2.42. The number of carbonyl (C=O) groups is 1. The lowest BCUT2D eigenvalue weighted by Gasteiger charge is -2.38. The van der Waals surface area contributed by atoms with Gasteiger partial charge in [-0.1, -0.05) is 52.5 Å². The molecule has 3 N–H and O–H groups in total. The van der Waals surface area contributed by atoms with Crippen molar-refractivity contribution in [1.29, 1.82) is 0 Å². The van der Waals surface area contributed by atoms with Crippen LogP contribution in [0.4, 0.5) is 5.82 Å². The number of nitrogens with two attached hydrogens (primary N) is 1. The number of aryl methyl sites for hydroxylation is 1. The van der Waals surface area contributed by atoms with Crippen LogP contribution in [0, 0.1) is 5.41 Å². The van der Waals surface area contributed by atoms with Gasteiger partial charge in [-0.05, 0) is 91.9 Å². The van der Waals surface area contributed by atoms with E-state index in [2.05, 4.69) is 71.3 Å². The van der Waals surface area contributed by atoms with E-state index >= 15 is 0 Å². The number of nitrogens with one attached hydrogen (secondary N) is 1. The first-order valence-electron chi connectivity index (χ1n) is 17.0. The molecule has 3 fully saturated rings. The highest BCUT2D eigenvalue weighted by molar-refractivity contribution is 7.82. The normalized spacial score (nSPS) is 20.0. The van der Waals surface area contributed by atoms with Crippen molar-refractivity contribution in [2.24, 2.45) is 18.2 Å². The summed E-state index contributed by atoms with van der Waals surface area (Å²) in [7, 11) is 0.864. The molecule has 3 saturated heterocycles. The number of benzene rings is 2. The molecular formula is C36H53N7O2S. The van der Waals surface area contributed by atoms with E-state index < -0.39 is 11.0 Å². The summed E-state index contributed by atoms with van der Waals surface area (Å²) >= 11 is 0. The summed E-state index contributed by atoms with van der Waals surface area (Å²) in [4.78, 5) is 17.3. The zero-order valence-electron chi connectivity index (χ0n) is 28.4. The maximum atomic E-state index is 13.2. The second kappa shape index (κ2) is 14.8. The van der Waals surface area contributed by atoms with Crippen molar-refractivity contribution in [2.45, 2.75) is 83.1 Å². The minimum atomic E-state index is -1.13. The number of fused-ring (bicyclic) bond motifs is 1. The van der Waals surface area contributed by atoms with Crippen molar-refractivity contribution < 1.29 is 9.00 Å². The average molecular weight is 648 g/mol. The molecule has 4 heterocycles. The third-order valence-corrected chi connectivity index (χ3v) is 11.0. The monoisotopic (exact) mass is 647 g/mol. The van der Waals surface area contributed by atoms with E-state index in [1.807, 2.05) is 36.5 Å². The van der Waals surface area contributed by atoms with Crippen LogP contribution in [0.3, 0.4) is 0 Å². The molecule has 0 aliphatic carbocycles. The summed E-state index contributed by atoms with van der Waals surface area (Å²) in [6, 6.07) is 15.4. The highest BCUT2D eigenvalue weighted by Crippen LogP contribution is 2.35. The van der Waals surface area contributed by atoms with E-state index in [0.29, 0.717) is 24.7 Å². The summed E-state index contributed by atoms with van der Waals surface area (Å²) < 4.78 is 17.3. The Morgan fingerprint density at radius 2 is 1.74 bits per heavy atom. The minimum Gasteiger partial charge on any atom is -0.328 e. The molecule has 1 amide bonds. The van der Waals surface area contributed by atoms with Gasteiger partial charge in [-0.3, -0.25) is 9.48 Å².